The summed E-state index contributed by atoms with van der Waals surface area (Å²) in [4.78, 5) is 2.33. The van der Waals surface area contributed by atoms with Gasteiger partial charge in [-0.05, 0) is 41.5 Å². The van der Waals surface area contributed by atoms with E-state index < -0.39 is 0 Å². The Bertz CT molecular complexity index is 1050. The van der Waals surface area contributed by atoms with Crippen molar-refractivity contribution >= 4 is 11.6 Å². The van der Waals surface area contributed by atoms with Crippen LogP contribution in [0.25, 0.3) is 11.1 Å². The van der Waals surface area contributed by atoms with Gasteiger partial charge in [0.05, 0.1) is 26.9 Å². The van der Waals surface area contributed by atoms with Gasteiger partial charge >= 0.3 is 0 Å². The molecule has 1 aliphatic rings. The minimum Gasteiger partial charge on any atom is -0.496 e. The summed E-state index contributed by atoms with van der Waals surface area (Å²) >= 11 is 6.40. The van der Waals surface area contributed by atoms with Gasteiger partial charge in [-0.1, -0.05) is 35.9 Å². The van der Waals surface area contributed by atoms with Crippen LogP contribution in [0.3, 0.4) is 0 Å². The summed E-state index contributed by atoms with van der Waals surface area (Å²) in [5, 5.41) is 0.776. The van der Waals surface area contributed by atoms with Crippen LogP contribution >= 0.6 is 11.6 Å². The molecule has 3 aromatic carbocycles. The van der Waals surface area contributed by atoms with Gasteiger partial charge in [0, 0.05) is 30.2 Å². The second-order valence-electron chi connectivity index (χ2n) is 7.35. The number of hydrogen-bond donors (Lipinski definition) is 0. The molecule has 0 unspecified atom stereocenters. The van der Waals surface area contributed by atoms with Crippen molar-refractivity contribution in [3.05, 3.63) is 70.7 Å². The van der Waals surface area contributed by atoms with Crippen LogP contribution in [0.4, 0.5) is 0 Å². The highest BCUT2D eigenvalue weighted by Gasteiger charge is 2.23. The number of hydrogen-bond acceptors (Lipinski definition) is 5. The highest BCUT2D eigenvalue weighted by atomic mass is 35.5. The predicted octanol–water partition coefficient (Wildman–Crippen LogP) is 5.43. The molecule has 4 rings (SSSR count). The standard InChI is InChI=1S/C25H26ClNO4/c1-28-21-9-6-10-22(29-2)24(21)18-13-19-16-27(15-17-7-4-5-8-20(17)26)11-12-31-25(19)23(14-18)30-3/h4-10,13-14H,11-12,15-16H2,1-3H3. The summed E-state index contributed by atoms with van der Waals surface area (Å²) in [5.74, 6) is 2.95. The predicted molar refractivity (Wildman–Crippen MR) is 123 cm³/mol. The second-order valence-corrected chi connectivity index (χ2v) is 7.76. The van der Waals surface area contributed by atoms with Crippen molar-refractivity contribution in [1.29, 1.82) is 0 Å². The maximum atomic E-state index is 6.40. The van der Waals surface area contributed by atoms with Crippen LogP contribution < -0.4 is 18.9 Å². The maximum absolute atomic E-state index is 6.40. The third-order valence-corrected chi connectivity index (χ3v) is 5.84. The molecule has 0 N–H and O–H groups in total. The van der Waals surface area contributed by atoms with Gasteiger partial charge in [0.25, 0.3) is 0 Å². The van der Waals surface area contributed by atoms with E-state index in [4.69, 9.17) is 30.5 Å². The summed E-state index contributed by atoms with van der Waals surface area (Å²) < 4.78 is 23.1. The lowest BCUT2D eigenvalue weighted by molar-refractivity contribution is 0.217. The Hall–Kier alpha value is -2.89. The lowest BCUT2D eigenvalue weighted by atomic mass is 9.99. The molecule has 0 atom stereocenters. The van der Waals surface area contributed by atoms with Crippen LogP contribution in [0, 0.1) is 0 Å². The third kappa shape index (κ3) is 4.43. The van der Waals surface area contributed by atoms with E-state index in [1.807, 2.05) is 42.5 Å². The fourth-order valence-electron chi connectivity index (χ4n) is 3.97. The average Bonchev–Trinajstić information content (AvgIpc) is 3.01. The van der Waals surface area contributed by atoms with Crippen molar-refractivity contribution in [2.75, 3.05) is 34.5 Å². The number of methoxy groups -OCH3 is 3. The molecule has 0 aliphatic carbocycles. The fraction of sp³-hybridized carbons (Fsp3) is 0.280. The summed E-state index contributed by atoms with van der Waals surface area (Å²) in [6.45, 7) is 2.82. The smallest absolute Gasteiger partial charge is 0.165 e. The van der Waals surface area contributed by atoms with Crippen molar-refractivity contribution < 1.29 is 18.9 Å². The Morgan fingerprint density at radius 1 is 0.903 bits per heavy atom. The number of fused-ring (bicyclic) bond motifs is 1. The Morgan fingerprint density at radius 2 is 1.61 bits per heavy atom. The minimum absolute atomic E-state index is 0.575. The quantitative estimate of drug-likeness (QED) is 0.512. The van der Waals surface area contributed by atoms with E-state index in [2.05, 4.69) is 17.0 Å². The van der Waals surface area contributed by atoms with Gasteiger partial charge in [-0.25, -0.2) is 0 Å². The first-order valence-electron chi connectivity index (χ1n) is 10.2. The van der Waals surface area contributed by atoms with Crippen molar-refractivity contribution in [3.63, 3.8) is 0 Å². The van der Waals surface area contributed by atoms with Gasteiger partial charge in [-0.15, -0.1) is 0 Å². The van der Waals surface area contributed by atoms with E-state index in [1.54, 1.807) is 21.3 Å². The number of rotatable bonds is 6. The first kappa shape index (κ1) is 21.3. The van der Waals surface area contributed by atoms with Gasteiger partial charge < -0.3 is 18.9 Å². The topological polar surface area (TPSA) is 40.2 Å². The van der Waals surface area contributed by atoms with E-state index in [-0.39, 0.29) is 0 Å². The SMILES string of the molecule is COc1cc(-c2c(OC)cccc2OC)cc2c1OCCN(Cc1ccccc1Cl)C2. The zero-order valence-corrected chi connectivity index (χ0v) is 18.7. The molecule has 0 saturated carbocycles. The van der Waals surface area contributed by atoms with E-state index in [1.165, 1.54) is 0 Å². The molecule has 5 nitrogen and oxygen atoms in total. The van der Waals surface area contributed by atoms with Crippen molar-refractivity contribution in [3.8, 4) is 34.1 Å². The average molecular weight is 440 g/mol. The molecule has 0 fully saturated rings. The van der Waals surface area contributed by atoms with Crippen LogP contribution in [0.5, 0.6) is 23.0 Å². The summed E-state index contributed by atoms with van der Waals surface area (Å²) in [6, 6.07) is 17.8. The molecule has 0 bridgehead atoms. The molecule has 3 aromatic rings. The van der Waals surface area contributed by atoms with E-state index in [0.717, 1.165) is 57.6 Å². The van der Waals surface area contributed by atoms with Gasteiger partial charge in [-0.3, -0.25) is 4.90 Å². The molecule has 0 radical (unpaired) electrons. The summed E-state index contributed by atoms with van der Waals surface area (Å²) in [6.07, 6.45) is 0. The van der Waals surface area contributed by atoms with E-state index >= 15 is 0 Å². The van der Waals surface area contributed by atoms with Gasteiger partial charge in [0.15, 0.2) is 11.5 Å². The zero-order chi connectivity index (χ0) is 21.8. The van der Waals surface area contributed by atoms with Crippen LogP contribution in [-0.4, -0.2) is 39.4 Å². The fourth-order valence-corrected chi connectivity index (χ4v) is 4.17. The molecule has 6 heteroatoms. The highest BCUT2D eigenvalue weighted by Crippen LogP contribution is 2.44. The van der Waals surface area contributed by atoms with Gasteiger partial charge in [0.1, 0.15) is 18.1 Å². The van der Waals surface area contributed by atoms with Crippen LogP contribution in [-0.2, 0) is 13.1 Å². The van der Waals surface area contributed by atoms with Crippen LogP contribution in [0.1, 0.15) is 11.1 Å². The molecule has 1 heterocycles. The maximum Gasteiger partial charge on any atom is 0.165 e. The first-order valence-corrected chi connectivity index (χ1v) is 10.5. The van der Waals surface area contributed by atoms with Crippen molar-refractivity contribution in [2.45, 2.75) is 13.1 Å². The zero-order valence-electron chi connectivity index (χ0n) is 18.0. The lowest BCUT2D eigenvalue weighted by Gasteiger charge is -2.21. The Morgan fingerprint density at radius 3 is 2.29 bits per heavy atom. The van der Waals surface area contributed by atoms with Crippen molar-refractivity contribution in [2.24, 2.45) is 0 Å². The molecule has 162 valence electrons. The molecular weight excluding hydrogens is 414 g/mol. The van der Waals surface area contributed by atoms with Crippen LogP contribution in [0.15, 0.2) is 54.6 Å². The number of benzene rings is 3. The van der Waals surface area contributed by atoms with Crippen LogP contribution in [0.2, 0.25) is 5.02 Å². The summed E-state index contributed by atoms with van der Waals surface area (Å²) in [5.41, 5.74) is 3.98. The monoisotopic (exact) mass is 439 g/mol. The Labute approximate surface area is 188 Å². The molecular formula is C25H26ClNO4. The highest BCUT2D eigenvalue weighted by molar-refractivity contribution is 6.31. The van der Waals surface area contributed by atoms with E-state index in [9.17, 15) is 0 Å². The Balaban J connectivity index is 1.75. The first-order chi connectivity index (χ1) is 15.1. The lowest BCUT2D eigenvalue weighted by Crippen LogP contribution is -2.25. The molecule has 31 heavy (non-hydrogen) atoms. The molecule has 1 aliphatic heterocycles. The minimum atomic E-state index is 0.575. The molecule has 0 saturated heterocycles. The summed E-state index contributed by atoms with van der Waals surface area (Å²) in [7, 11) is 4.98. The third-order valence-electron chi connectivity index (χ3n) is 5.47. The second kappa shape index (κ2) is 9.50. The van der Waals surface area contributed by atoms with Gasteiger partial charge in [-0.2, -0.15) is 0 Å². The Kier molecular flexibility index (Phi) is 6.54. The normalized spacial score (nSPS) is 13.7. The van der Waals surface area contributed by atoms with Crippen molar-refractivity contribution in [1.82, 2.24) is 4.90 Å². The largest absolute Gasteiger partial charge is 0.496 e. The number of ether oxygens (including phenoxy) is 4. The molecule has 0 spiro atoms. The number of halogens is 1. The van der Waals surface area contributed by atoms with E-state index in [0.29, 0.717) is 18.9 Å². The molecule has 0 aromatic heterocycles. The molecule has 0 amide bonds. The van der Waals surface area contributed by atoms with Gasteiger partial charge in [0.2, 0.25) is 0 Å². The number of nitrogens with zero attached hydrogens (tertiary/aromatic N) is 1.